The van der Waals surface area contributed by atoms with E-state index in [9.17, 15) is 13.2 Å². The van der Waals surface area contributed by atoms with Crippen molar-refractivity contribution in [3.8, 4) is 11.5 Å². The number of anilines is 1. The number of fused-ring (bicyclic) bond motifs is 2. The number of rotatable bonds is 5. The van der Waals surface area contributed by atoms with Gasteiger partial charge in [-0.1, -0.05) is 12.1 Å². The van der Waals surface area contributed by atoms with Crippen molar-refractivity contribution in [2.24, 2.45) is 0 Å². The van der Waals surface area contributed by atoms with Gasteiger partial charge in [0.15, 0.2) is 11.5 Å². The summed E-state index contributed by atoms with van der Waals surface area (Å²) in [6, 6.07) is 8.57. The number of carbonyl (C=O) groups excluding carboxylic acids is 1. The van der Waals surface area contributed by atoms with Crippen molar-refractivity contribution in [3.63, 3.8) is 0 Å². The van der Waals surface area contributed by atoms with E-state index in [1.54, 1.807) is 17.0 Å². The molecule has 0 bridgehead atoms. The number of para-hydroxylation sites is 1. The molecule has 2 heterocycles. The van der Waals surface area contributed by atoms with Gasteiger partial charge in [-0.25, -0.2) is 13.1 Å². The number of hydrogen-bond acceptors (Lipinski definition) is 5. The van der Waals surface area contributed by atoms with Gasteiger partial charge in [-0.3, -0.25) is 4.79 Å². The fourth-order valence-corrected chi connectivity index (χ4v) is 6.27. The summed E-state index contributed by atoms with van der Waals surface area (Å²) >= 11 is 3.39. The molecule has 0 spiro atoms. The van der Waals surface area contributed by atoms with Crippen LogP contribution in [0.4, 0.5) is 5.69 Å². The molecule has 2 aliphatic rings. The first-order chi connectivity index (χ1) is 14.3. The molecule has 160 valence electrons. The number of hydrogen-bond donors (Lipinski definition) is 1. The molecule has 4 rings (SSSR count). The van der Waals surface area contributed by atoms with Crippen LogP contribution in [0.3, 0.4) is 0 Å². The zero-order valence-electron chi connectivity index (χ0n) is 16.8. The average Bonchev–Trinajstić information content (AvgIpc) is 3.10. The van der Waals surface area contributed by atoms with Gasteiger partial charge in [0.1, 0.15) is 6.61 Å². The minimum Gasteiger partial charge on any atom is -0.490 e. The van der Waals surface area contributed by atoms with Crippen LogP contribution in [0.5, 0.6) is 11.5 Å². The van der Waals surface area contributed by atoms with Gasteiger partial charge < -0.3 is 14.4 Å². The van der Waals surface area contributed by atoms with Crippen molar-refractivity contribution in [2.75, 3.05) is 24.7 Å². The summed E-state index contributed by atoms with van der Waals surface area (Å²) in [4.78, 5) is 13.6. The normalized spacial score (nSPS) is 17.8. The van der Waals surface area contributed by atoms with E-state index in [-0.39, 0.29) is 17.4 Å². The summed E-state index contributed by atoms with van der Waals surface area (Å²) in [7, 11) is -3.83. The number of benzene rings is 2. The lowest BCUT2D eigenvalue weighted by Crippen LogP contribution is -2.42. The molecule has 2 aromatic carbocycles. The van der Waals surface area contributed by atoms with Crippen molar-refractivity contribution in [1.29, 1.82) is 0 Å². The van der Waals surface area contributed by atoms with Crippen LogP contribution in [0.15, 0.2) is 39.7 Å². The smallest absolute Gasteiger partial charge is 0.242 e. The lowest BCUT2D eigenvalue weighted by atomic mass is 10.0. The van der Waals surface area contributed by atoms with E-state index < -0.39 is 16.1 Å². The Morgan fingerprint density at radius 3 is 2.87 bits per heavy atom. The Kier molecular flexibility index (Phi) is 5.78. The van der Waals surface area contributed by atoms with Gasteiger partial charge in [-0.2, -0.15) is 0 Å². The third kappa shape index (κ3) is 3.93. The number of carbonyl (C=O) groups is 1. The Bertz CT molecular complexity index is 1100. The van der Waals surface area contributed by atoms with E-state index in [1.165, 1.54) is 6.92 Å². The molecule has 30 heavy (non-hydrogen) atoms. The predicted octanol–water partition coefficient (Wildman–Crippen LogP) is 3.04. The minimum atomic E-state index is -3.83. The summed E-state index contributed by atoms with van der Waals surface area (Å²) in [5.74, 6) is 1.24. The van der Waals surface area contributed by atoms with Crippen LogP contribution in [0.2, 0.25) is 0 Å². The SMILES string of the molecule is CCOc1cccc2c1OCC(NS(=O)(=O)c1cc3c(cc1Br)CCN3C(C)=O)C2. The van der Waals surface area contributed by atoms with E-state index in [1.807, 2.05) is 25.1 Å². The molecule has 1 atom stereocenters. The lowest BCUT2D eigenvalue weighted by molar-refractivity contribution is -0.116. The zero-order chi connectivity index (χ0) is 21.5. The van der Waals surface area contributed by atoms with Crippen molar-refractivity contribution in [2.45, 2.75) is 37.6 Å². The molecular weight excluding hydrogens is 472 g/mol. The molecule has 0 aliphatic carbocycles. The summed E-state index contributed by atoms with van der Waals surface area (Å²) in [6.45, 7) is 4.68. The van der Waals surface area contributed by atoms with Crippen LogP contribution >= 0.6 is 15.9 Å². The van der Waals surface area contributed by atoms with Crippen LogP contribution in [0.1, 0.15) is 25.0 Å². The quantitative estimate of drug-likeness (QED) is 0.690. The molecule has 1 amide bonds. The molecule has 0 radical (unpaired) electrons. The lowest BCUT2D eigenvalue weighted by Gasteiger charge is -2.27. The second kappa shape index (κ2) is 8.20. The molecule has 2 aliphatic heterocycles. The number of nitrogens with zero attached hydrogens (tertiary/aromatic N) is 1. The van der Waals surface area contributed by atoms with Crippen LogP contribution in [-0.2, 0) is 27.7 Å². The van der Waals surface area contributed by atoms with Gasteiger partial charge in [0.05, 0.1) is 17.5 Å². The van der Waals surface area contributed by atoms with Crippen molar-refractivity contribution in [3.05, 3.63) is 45.9 Å². The summed E-state index contributed by atoms with van der Waals surface area (Å²) in [6.07, 6.45) is 1.20. The van der Waals surface area contributed by atoms with Crippen molar-refractivity contribution in [1.82, 2.24) is 4.72 Å². The number of halogens is 1. The van der Waals surface area contributed by atoms with Crippen LogP contribution in [0.25, 0.3) is 0 Å². The molecule has 9 heteroatoms. The van der Waals surface area contributed by atoms with E-state index in [4.69, 9.17) is 9.47 Å². The molecule has 0 fully saturated rings. The summed E-state index contributed by atoms with van der Waals surface area (Å²) in [5.41, 5.74) is 2.50. The highest BCUT2D eigenvalue weighted by molar-refractivity contribution is 9.10. The molecule has 1 unspecified atom stereocenters. The minimum absolute atomic E-state index is 0.102. The Labute approximate surface area is 184 Å². The fraction of sp³-hybridized carbons (Fsp3) is 0.381. The van der Waals surface area contributed by atoms with Gasteiger partial charge in [-0.15, -0.1) is 0 Å². The summed E-state index contributed by atoms with van der Waals surface area (Å²) in [5, 5.41) is 0. The fourth-order valence-electron chi connectivity index (χ4n) is 3.94. The van der Waals surface area contributed by atoms with Gasteiger partial charge in [0.2, 0.25) is 15.9 Å². The van der Waals surface area contributed by atoms with Gasteiger partial charge in [0.25, 0.3) is 0 Å². The molecule has 0 aromatic heterocycles. The van der Waals surface area contributed by atoms with Crippen molar-refractivity contribution < 1.29 is 22.7 Å². The second-order valence-corrected chi connectivity index (χ2v) is 9.88. The molecule has 1 N–H and O–H groups in total. The highest BCUT2D eigenvalue weighted by Gasteiger charge is 2.31. The Hall–Kier alpha value is -2.10. The maximum atomic E-state index is 13.2. The first-order valence-electron chi connectivity index (χ1n) is 9.80. The van der Waals surface area contributed by atoms with Crippen LogP contribution in [-0.4, -0.2) is 40.1 Å². The first kappa shape index (κ1) is 21.1. The number of nitrogens with one attached hydrogen (secondary N) is 1. The van der Waals surface area contributed by atoms with Crippen molar-refractivity contribution >= 4 is 37.5 Å². The molecule has 2 aromatic rings. The van der Waals surface area contributed by atoms with Crippen LogP contribution < -0.4 is 19.1 Å². The highest BCUT2D eigenvalue weighted by atomic mass is 79.9. The first-order valence-corrected chi connectivity index (χ1v) is 12.1. The monoisotopic (exact) mass is 494 g/mol. The maximum absolute atomic E-state index is 13.2. The third-order valence-corrected chi connectivity index (χ3v) is 7.75. The van der Waals surface area contributed by atoms with Crippen LogP contribution in [0, 0.1) is 0 Å². The Morgan fingerprint density at radius 2 is 2.13 bits per heavy atom. The number of amides is 1. The largest absolute Gasteiger partial charge is 0.490 e. The Morgan fingerprint density at radius 1 is 1.33 bits per heavy atom. The van der Waals surface area contributed by atoms with Gasteiger partial charge in [-0.05, 0) is 65.0 Å². The number of sulfonamides is 1. The predicted molar refractivity (Wildman–Crippen MR) is 117 cm³/mol. The highest BCUT2D eigenvalue weighted by Crippen LogP contribution is 2.37. The van der Waals surface area contributed by atoms with E-state index >= 15 is 0 Å². The molecular formula is C21H23BrN2O5S. The molecule has 0 saturated carbocycles. The average molecular weight is 495 g/mol. The van der Waals surface area contributed by atoms with E-state index in [2.05, 4.69) is 20.7 Å². The topological polar surface area (TPSA) is 84.9 Å². The van der Waals surface area contributed by atoms with Gasteiger partial charge in [0, 0.05) is 23.6 Å². The summed E-state index contributed by atoms with van der Waals surface area (Å²) < 4.78 is 41.0. The maximum Gasteiger partial charge on any atom is 0.242 e. The standard InChI is InChI=1S/C21H23BrN2O5S/c1-3-28-19-6-4-5-15-9-16(12-29-21(15)19)23-30(26,27)20-11-18-14(10-17(20)22)7-8-24(18)13(2)25/h4-6,10-11,16,23H,3,7-9,12H2,1-2H3. The van der Waals surface area contributed by atoms with E-state index in [0.717, 1.165) is 11.1 Å². The van der Waals surface area contributed by atoms with E-state index in [0.29, 0.717) is 47.7 Å². The third-order valence-electron chi connectivity index (χ3n) is 5.28. The Balaban J connectivity index is 1.58. The molecule has 7 nitrogen and oxygen atoms in total. The number of ether oxygens (including phenoxy) is 2. The molecule has 0 saturated heterocycles. The second-order valence-electron chi connectivity index (χ2n) is 7.34. The zero-order valence-corrected chi connectivity index (χ0v) is 19.2. The van der Waals surface area contributed by atoms with Gasteiger partial charge >= 0.3 is 0 Å².